The number of hydrogen-bond acceptors (Lipinski definition) is 4. The van der Waals surface area contributed by atoms with Crippen molar-refractivity contribution in [2.75, 3.05) is 27.7 Å². The summed E-state index contributed by atoms with van der Waals surface area (Å²) in [6, 6.07) is 13.4. The minimum Gasteiger partial charge on any atom is -0.355 e. The monoisotopic (exact) mass is 403 g/mol. The Morgan fingerprint density at radius 2 is 1.54 bits per heavy atom. The van der Waals surface area contributed by atoms with Crippen molar-refractivity contribution < 1.29 is 18.0 Å². The van der Waals surface area contributed by atoms with Crippen LogP contribution in [0.15, 0.2) is 53.4 Å². The minimum absolute atomic E-state index is 0.154. The molecule has 0 saturated heterocycles. The molecule has 2 aromatic rings. The van der Waals surface area contributed by atoms with Crippen LogP contribution in [-0.2, 0) is 21.4 Å². The average molecular weight is 404 g/mol. The van der Waals surface area contributed by atoms with Crippen molar-refractivity contribution >= 4 is 21.8 Å². The predicted molar refractivity (Wildman–Crippen MR) is 107 cm³/mol. The molecular formula is C20H25N3O4S. The van der Waals surface area contributed by atoms with E-state index in [0.717, 1.165) is 15.4 Å². The first kappa shape index (κ1) is 21.6. The number of sulfonamides is 1. The maximum Gasteiger partial charge on any atom is 0.251 e. The van der Waals surface area contributed by atoms with Gasteiger partial charge in [0.2, 0.25) is 15.9 Å². The van der Waals surface area contributed by atoms with Crippen LogP contribution < -0.4 is 5.32 Å². The molecular weight excluding hydrogens is 378 g/mol. The van der Waals surface area contributed by atoms with Crippen LogP contribution >= 0.6 is 0 Å². The van der Waals surface area contributed by atoms with Gasteiger partial charge in [-0.3, -0.25) is 9.59 Å². The number of nitrogens with one attached hydrogen (secondary N) is 1. The molecule has 0 aliphatic heterocycles. The van der Waals surface area contributed by atoms with Crippen LogP contribution in [0.2, 0.25) is 0 Å². The average Bonchev–Trinajstić information content (AvgIpc) is 2.68. The van der Waals surface area contributed by atoms with Crippen molar-refractivity contribution in [1.82, 2.24) is 14.5 Å². The maximum absolute atomic E-state index is 12.6. The summed E-state index contributed by atoms with van der Waals surface area (Å²) in [5.74, 6) is -0.507. The van der Waals surface area contributed by atoms with Crippen molar-refractivity contribution in [2.24, 2.45) is 0 Å². The number of nitrogens with zero attached hydrogens (tertiary/aromatic N) is 2. The second-order valence-corrected chi connectivity index (χ2v) is 8.64. The largest absolute Gasteiger partial charge is 0.355 e. The molecule has 8 heteroatoms. The fourth-order valence-corrected chi connectivity index (χ4v) is 3.67. The van der Waals surface area contributed by atoms with Gasteiger partial charge in [0, 0.05) is 33.3 Å². The number of amides is 2. The number of rotatable bonds is 7. The maximum atomic E-state index is 12.6. The zero-order valence-electron chi connectivity index (χ0n) is 16.5. The Hall–Kier alpha value is -2.71. The van der Waals surface area contributed by atoms with E-state index in [9.17, 15) is 18.0 Å². The minimum atomic E-state index is -3.73. The fraction of sp³-hybridized carbons (Fsp3) is 0.300. The summed E-state index contributed by atoms with van der Waals surface area (Å²) < 4.78 is 26.3. The lowest BCUT2D eigenvalue weighted by Gasteiger charge is -2.22. The molecule has 0 aliphatic rings. The third kappa shape index (κ3) is 5.17. The molecule has 0 spiro atoms. The Balaban J connectivity index is 2.01. The number of carbonyl (C=O) groups is 2. The van der Waals surface area contributed by atoms with E-state index in [2.05, 4.69) is 5.32 Å². The Morgan fingerprint density at radius 3 is 2.07 bits per heavy atom. The Kier molecular flexibility index (Phi) is 6.93. The number of carbonyl (C=O) groups excluding carboxylic acids is 2. The molecule has 0 unspecified atom stereocenters. The SMILES string of the molecule is CNC(=O)c1ccc(CN(C)C(=O)CN(C)S(=O)(=O)c2ccc(C)cc2)cc1. The molecule has 0 bridgehead atoms. The second kappa shape index (κ2) is 8.99. The highest BCUT2D eigenvalue weighted by atomic mass is 32.2. The summed E-state index contributed by atoms with van der Waals surface area (Å²) in [5.41, 5.74) is 2.33. The van der Waals surface area contributed by atoms with Crippen LogP contribution in [-0.4, -0.2) is 57.1 Å². The van der Waals surface area contributed by atoms with Crippen molar-refractivity contribution in [3.05, 3.63) is 65.2 Å². The molecule has 0 aromatic heterocycles. The summed E-state index contributed by atoms with van der Waals surface area (Å²) in [6.07, 6.45) is 0. The van der Waals surface area contributed by atoms with Crippen LogP contribution in [0, 0.1) is 6.92 Å². The van der Waals surface area contributed by atoms with Crippen LogP contribution in [0.3, 0.4) is 0 Å². The fourth-order valence-electron chi connectivity index (χ4n) is 2.55. The smallest absolute Gasteiger partial charge is 0.251 e. The molecule has 0 radical (unpaired) electrons. The summed E-state index contributed by atoms with van der Waals surface area (Å²) in [6.45, 7) is 1.92. The molecule has 0 fully saturated rings. The van der Waals surface area contributed by atoms with Gasteiger partial charge in [-0.1, -0.05) is 29.8 Å². The number of aryl methyl sites for hydroxylation is 1. The molecule has 2 amide bonds. The lowest BCUT2D eigenvalue weighted by Crippen LogP contribution is -2.39. The third-order valence-electron chi connectivity index (χ3n) is 4.38. The third-order valence-corrected chi connectivity index (χ3v) is 6.19. The Morgan fingerprint density at radius 1 is 0.964 bits per heavy atom. The van der Waals surface area contributed by atoms with Gasteiger partial charge in [0.05, 0.1) is 11.4 Å². The number of benzene rings is 2. The van der Waals surface area contributed by atoms with E-state index >= 15 is 0 Å². The van der Waals surface area contributed by atoms with E-state index in [1.165, 1.54) is 24.1 Å². The van der Waals surface area contributed by atoms with Gasteiger partial charge < -0.3 is 10.2 Å². The normalized spacial score (nSPS) is 11.3. The standard InChI is InChI=1S/C20H25N3O4S/c1-15-5-11-18(12-6-15)28(26,27)23(4)14-19(24)22(3)13-16-7-9-17(10-8-16)20(25)21-2/h5-12H,13-14H2,1-4H3,(H,21,25). The zero-order chi connectivity index (χ0) is 20.9. The van der Waals surface area contributed by atoms with E-state index in [4.69, 9.17) is 0 Å². The van der Waals surface area contributed by atoms with E-state index in [-0.39, 0.29) is 23.3 Å². The highest BCUT2D eigenvalue weighted by Crippen LogP contribution is 2.15. The molecule has 0 saturated carbocycles. The molecule has 2 rings (SSSR count). The summed E-state index contributed by atoms with van der Waals surface area (Å²) in [7, 11) is 0.826. The Labute approximate surface area is 166 Å². The van der Waals surface area contributed by atoms with Crippen molar-refractivity contribution in [3.8, 4) is 0 Å². The van der Waals surface area contributed by atoms with E-state index in [0.29, 0.717) is 12.1 Å². The van der Waals surface area contributed by atoms with Crippen LogP contribution in [0.1, 0.15) is 21.5 Å². The van der Waals surface area contributed by atoms with Crippen LogP contribution in [0.25, 0.3) is 0 Å². The summed E-state index contributed by atoms with van der Waals surface area (Å²) in [5, 5.41) is 2.55. The van der Waals surface area contributed by atoms with Gasteiger partial charge in [-0.2, -0.15) is 4.31 Å². The lowest BCUT2D eigenvalue weighted by molar-refractivity contribution is -0.130. The molecule has 2 aromatic carbocycles. The highest BCUT2D eigenvalue weighted by molar-refractivity contribution is 7.89. The number of likely N-dealkylation sites (N-methyl/N-ethyl adjacent to an activating group) is 2. The topological polar surface area (TPSA) is 86.8 Å². The molecule has 7 nitrogen and oxygen atoms in total. The van der Waals surface area contributed by atoms with E-state index < -0.39 is 10.0 Å². The van der Waals surface area contributed by atoms with Crippen molar-refractivity contribution in [1.29, 1.82) is 0 Å². The number of hydrogen-bond donors (Lipinski definition) is 1. The van der Waals surface area contributed by atoms with Gasteiger partial charge in [0.1, 0.15) is 0 Å². The quantitative estimate of drug-likeness (QED) is 0.761. The first-order valence-corrected chi connectivity index (χ1v) is 10.2. The van der Waals surface area contributed by atoms with E-state index in [1.807, 2.05) is 6.92 Å². The summed E-state index contributed by atoms with van der Waals surface area (Å²) >= 11 is 0. The van der Waals surface area contributed by atoms with Crippen LogP contribution in [0.4, 0.5) is 0 Å². The zero-order valence-corrected chi connectivity index (χ0v) is 17.3. The van der Waals surface area contributed by atoms with Gasteiger partial charge in [-0.05, 0) is 36.8 Å². The van der Waals surface area contributed by atoms with Crippen LogP contribution in [0.5, 0.6) is 0 Å². The van der Waals surface area contributed by atoms with Crippen molar-refractivity contribution in [3.63, 3.8) is 0 Å². The molecule has 1 N–H and O–H groups in total. The van der Waals surface area contributed by atoms with Gasteiger partial charge >= 0.3 is 0 Å². The van der Waals surface area contributed by atoms with E-state index in [1.54, 1.807) is 50.5 Å². The lowest BCUT2D eigenvalue weighted by atomic mass is 10.1. The molecule has 0 aliphatic carbocycles. The second-order valence-electron chi connectivity index (χ2n) is 6.60. The van der Waals surface area contributed by atoms with Gasteiger partial charge in [0.15, 0.2) is 0 Å². The first-order chi connectivity index (χ1) is 13.1. The van der Waals surface area contributed by atoms with Crippen molar-refractivity contribution in [2.45, 2.75) is 18.4 Å². The summed E-state index contributed by atoms with van der Waals surface area (Å²) in [4.78, 5) is 25.6. The molecule has 150 valence electrons. The molecule has 28 heavy (non-hydrogen) atoms. The first-order valence-electron chi connectivity index (χ1n) is 8.73. The molecule has 0 heterocycles. The predicted octanol–water partition coefficient (Wildman–Crippen LogP) is 1.63. The highest BCUT2D eigenvalue weighted by Gasteiger charge is 2.24. The molecule has 0 atom stereocenters. The Bertz CT molecular complexity index is 938. The van der Waals surface area contributed by atoms with Gasteiger partial charge in [-0.15, -0.1) is 0 Å². The van der Waals surface area contributed by atoms with Gasteiger partial charge in [-0.25, -0.2) is 8.42 Å². The van der Waals surface area contributed by atoms with Gasteiger partial charge in [0.25, 0.3) is 5.91 Å².